The third-order valence-electron chi connectivity index (χ3n) is 2.75. The van der Waals surface area contributed by atoms with Crippen molar-refractivity contribution in [2.45, 2.75) is 0 Å². The first-order chi connectivity index (χ1) is 9.24. The van der Waals surface area contributed by atoms with Gasteiger partial charge in [-0.3, -0.25) is 0 Å². The van der Waals surface area contributed by atoms with Crippen LogP contribution in [0.15, 0.2) is 53.9 Å². The molecule has 1 nitrogen and oxygen atoms in total. The Morgan fingerprint density at radius 3 is 2.37 bits per heavy atom. The van der Waals surface area contributed by atoms with E-state index in [-0.39, 0.29) is 0 Å². The van der Waals surface area contributed by atoms with Crippen LogP contribution in [0.5, 0.6) is 0 Å². The number of benzene rings is 2. The first kappa shape index (κ1) is 12.7. The zero-order chi connectivity index (χ0) is 13.2. The molecule has 0 saturated heterocycles. The average molecular weight is 306 g/mol. The van der Waals surface area contributed by atoms with Crippen LogP contribution in [-0.4, -0.2) is 4.98 Å². The maximum absolute atomic E-state index is 6.18. The number of thiazole rings is 1. The lowest BCUT2D eigenvalue weighted by Gasteiger charge is -1.99. The molecule has 4 heteroatoms. The van der Waals surface area contributed by atoms with E-state index in [0.29, 0.717) is 0 Å². The maximum atomic E-state index is 6.18. The lowest BCUT2D eigenvalue weighted by atomic mass is 10.2. The van der Waals surface area contributed by atoms with Crippen molar-refractivity contribution in [1.82, 2.24) is 4.98 Å². The van der Waals surface area contributed by atoms with Crippen LogP contribution in [0.1, 0.15) is 0 Å². The minimum Gasteiger partial charge on any atom is -0.236 e. The zero-order valence-electron chi connectivity index (χ0n) is 9.81. The van der Waals surface area contributed by atoms with Crippen molar-refractivity contribution in [3.63, 3.8) is 0 Å². The molecule has 19 heavy (non-hydrogen) atoms. The molecule has 0 bridgehead atoms. The number of rotatable bonds is 2. The number of nitrogens with zero attached hydrogens (tertiary/aromatic N) is 1. The fourth-order valence-electron chi connectivity index (χ4n) is 1.79. The molecule has 0 aliphatic heterocycles. The van der Waals surface area contributed by atoms with Crippen molar-refractivity contribution in [1.29, 1.82) is 0 Å². The van der Waals surface area contributed by atoms with E-state index in [1.54, 1.807) is 11.3 Å². The number of aromatic nitrogens is 1. The highest BCUT2D eigenvalue weighted by Crippen LogP contribution is 2.32. The average Bonchev–Trinajstić information content (AvgIpc) is 2.89. The van der Waals surface area contributed by atoms with Gasteiger partial charge in [0.15, 0.2) is 0 Å². The standard InChI is InChI=1S/C15H9Cl2NS/c16-11-7-5-10(6-8-11)15-18-14(9-19-15)12-3-1-2-4-13(12)17/h1-9H. The van der Waals surface area contributed by atoms with E-state index in [4.69, 9.17) is 23.2 Å². The molecule has 0 unspecified atom stereocenters. The molecule has 0 saturated carbocycles. The van der Waals surface area contributed by atoms with E-state index < -0.39 is 0 Å². The van der Waals surface area contributed by atoms with Crippen LogP contribution in [0.25, 0.3) is 21.8 Å². The van der Waals surface area contributed by atoms with Gasteiger partial charge in [0.25, 0.3) is 0 Å². The van der Waals surface area contributed by atoms with Crippen LogP contribution in [0.2, 0.25) is 10.0 Å². The van der Waals surface area contributed by atoms with Gasteiger partial charge in [-0.1, -0.05) is 53.5 Å². The lowest BCUT2D eigenvalue weighted by Crippen LogP contribution is -1.80. The predicted molar refractivity (Wildman–Crippen MR) is 83.0 cm³/mol. The third kappa shape index (κ3) is 2.66. The predicted octanol–water partition coefficient (Wildman–Crippen LogP) is 5.78. The van der Waals surface area contributed by atoms with E-state index in [1.807, 2.05) is 53.9 Å². The molecular formula is C15H9Cl2NS. The Kier molecular flexibility index (Phi) is 3.56. The monoisotopic (exact) mass is 305 g/mol. The van der Waals surface area contributed by atoms with Gasteiger partial charge in [-0.25, -0.2) is 4.98 Å². The normalized spacial score (nSPS) is 10.6. The molecule has 0 aliphatic carbocycles. The van der Waals surface area contributed by atoms with Gasteiger partial charge in [-0.2, -0.15) is 0 Å². The summed E-state index contributed by atoms with van der Waals surface area (Å²) in [5, 5.41) is 4.43. The Morgan fingerprint density at radius 1 is 0.895 bits per heavy atom. The molecule has 0 atom stereocenters. The highest BCUT2D eigenvalue weighted by Gasteiger charge is 2.08. The Labute approximate surface area is 125 Å². The van der Waals surface area contributed by atoms with Crippen LogP contribution in [-0.2, 0) is 0 Å². The van der Waals surface area contributed by atoms with E-state index >= 15 is 0 Å². The first-order valence-corrected chi connectivity index (χ1v) is 7.34. The van der Waals surface area contributed by atoms with Gasteiger partial charge in [0.2, 0.25) is 0 Å². The molecule has 3 rings (SSSR count). The van der Waals surface area contributed by atoms with Gasteiger partial charge in [0.05, 0.1) is 5.69 Å². The summed E-state index contributed by atoms with van der Waals surface area (Å²) in [5.74, 6) is 0. The van der Waals surface area contributed by atoms with E-state index in [0.717, 1.165) is 31.9 Å². The summed E-state index contributed by atoms with van der Waals surface area (Å²) >= 11 is 13.7. The zero-order valence-corrected chi connectivity index (χ0v) is 12.1. The van der Waals surface area contributed by atoms with Gasteiger partial charge in [0.1, 0.15) is 5.01 Å². The van der Waals surface area contributed by atoms with E-state index in [1.165, 1.54) is 0 Å². The molecule has 3 aromatic rings. The molecule has 2 aromatic carbocycles. The highest BCUT2D eigenvalue weighted by atomic mass is 35.5. The minimum atomic E-state index is 0.718. The molecule has 0 fully saturated rings. The van der Waals surface area contributed by atoms with Gasteiger partial charge in [-0.15, -0.1) is 11.3 Å². The van der Waals surface area contributed by atoms with Gasteiger partial charge >= 0.3 is 0 Å². The van der Waals surface area contributed by atoms with Crippen molar-refractivity contribution >= 4 is 34.5 Å². The fraction of sp³-hybridized carbons (Fsp3) is 0. The Morgan fingerprint density at radius 2 is 1.63 bits per heavy atom. The molecule has 0 aliphatic rings. The molecule has 94 valence electrons. The maximum Gasteiger partial charge on any atom is 0.124 e. The Bertz CT molecular complexity index is 704. The van der Waals surface area contributed by atoms with Crippen molar-refractivity contribution in [2.24, 2.45) is 0 Å². The largest absolute Gasteiger partial charge is 0.236 e. The van der Waals surface area contributed by atoms with Crippen molar-refractivity contribution in [3.05, 3.63) is 64.0 Å². The third-order valence-corrected chi connectivity index (χ3v) is 4.22. The summed E-state index contributed by atoms with van der Waals surface area (Å²) in [4.78, 5) is 4.63. The molecule has 0 amide bonds. The molecular weight excluding hydrogens is 297 g/mol. The topological polar surface area (TPSA) is 12.9 Å². The summed E-state index contributed by atoms with van der Waals surface area (Å²) in [6.07, 6.45) is 0. The van der Waals surface area contributed by atoms with E-state index in [9.17, 15) is 0 Å². The van der Waals surface area contributed by atoms with Crippen LogP contribution in [0.4, 0.5) is 0 Å². The second-order valence-corrected chi connectivity index (χ2v) is 5.73. The highest BCUT2D eigenvalue weighted by molar-refractivity contribution is 7.13. The van der Waals surface area contributed by atoms with Gasteiger partial charge in [0, 0.05) is 26.6 Å². The van der Waals surface area contributed by atoms with Crippen LogP contribution in [0, 0.1) is 0 Å². The number of hydrogen-bond acceptors (Lipinski definition) is 2. The Hall–Kier alpha value is -1.35. The van der Waals surface area contributed by atoms with Crippen LogP contribution >= 0.6 is 34.5 Å². The lowest BCUT2D eigenvalue weighted by molar-refractivity contribution is 1.40. The second kappa shape index (κ2) is 5.33. The van der Waals surface area contributed by atoms with Gasteiger partial charge in [-0.05, 0) is 18.2 Å². The number of hydrogen-bond donors (Lipinski definition) is 0. The SMILES string of the molecule is Clc1ccc(-c2nc(-c3ccccc3Cl)cs2)cc1. The van der Waals surface area contributed by atoms with Crippen molar-refractivity contribution in [2.75, 3.05) is 0 Å². The molecule has 1 heterocycles. The Balaban J connectivity index is 2.00. The van der Waals surface area contributed by atoms with Gasteiger partial charge < -0.3 is 0 Å². The summed E-state index contributed by atoms with van der Waals surface area (Å²) in [6, 6.07) is 15.4. The molecule has 1 aromatic heterocycles. The van der Waals surface area contributed by atoms with Crippen molar-refractivity contribution in [3.8, 4) is 21.8 Å². The summed E-state index contributed by atoms with van der Waals surface area (Å²) in [7, 11) is 0. The number of halogens is 2. The quantitative estimate of drug-likeness (QED) is 0.584. The first-order valence-electron chi connectivity index (χ1n) is 5.70. The summed E-state index contributed by atoms with van der Waals surface area (Å²) in [6.45, 7) is 0. The molecule has 0 N–H and O–H groups in total. The minimum absolute atomic E-state index is 0.718. The van der Waals surface area contributed by atoms with Crippen LogP contribution in [0.3, 0.4) is 0 Å². The fourth-order valence-corrected chi connectivity index (χ4v) is 2.98. The second-order valence-electron chi connectivity index (χ2n) is 4.02. The van der Waals surface area contributed by atoms with Crippen molar-refractivity contribution < 1.29 is 0 Å². The summed E-state index contributed by atoms with van der Waals surface area (Å²) < 4.78 is 0. The molecule has 0 radical (unpaired) electrons. The molecule has 0 spiro atoms. The summed E-state index contributed by atoms with van der Waals surface area (Å²) in [5.41, 5.74) is 2.92. The van der Waals surface area contributed by atoms with E-state index in [2.05, 4.69) is 4.98 Å². The van der Waals surface area contributed by atoms with Crippen LogP contribution < -0.4 is 0 Å². The smallest absolute Gasteiger partial charge is 0.124 e.